The van der Waals surface area contributed by atoms with Gasteiger partial charge in [-0.2, -0.15) is 0 Å². The minimum absolute atomic E-state index is 0.0666. The highest BCUT2D eigenvalue weighted by Crippen LogP contribution is 2.45. The van der Waals surface area contributed by atoms with Gasteiger partial charge in [0.05, 0.1) is 12.0 Å². The zero-order valence-corrected chi connectivity index (χ0v) is 15.2. The Balaban J connectivity index is 1.81. The van der Waals surface area contributed by atoms with Crippen LogP contribution in [0.1, 0.15) is 23.5 Å². The molecule has 1 atom stereocenters. The lowest BCUT2D eigenvalue weighted by Crippen LogP contribution is -2.22. The number of hydrogen-bond acceptors (Lipinski definition) is 6. The lowest BCUT2D eigenvalue weighted by atomic mass is 9.85. The van der Waals surface area contributed by atoms with E-state index in [1.165, 1.54) is 12.3 Å². The summed E-state index contributed by atoms with van der Waals surface area (Å²) < 4.78 is 11.2. The van der Waals surface area contributed by atoms with Crippen molar-refractivity contribution in [3.63, 3.8) is 0 Å². The van der Waals surface area contributed by atoms with Crippen LogP contribution in [0, 0.1) is 0 Å². The van der Waals surface area contributed by atoms with E-state index in [0.717, 1.165) is 5.56 Å². The fourth-order valence-corrected chi connectivity index (χ4v) is 3.82. The molecule has 0 aliphatic carbocycles. The van der Waals surface area contributed by atoms with E-state index in [9.17, 15) is 14.7 Å². The first-order valence-corrected chi connectivity index (χ1v) is 9.11. The highest BCUT2D eigenvalue weighted by atomic mass is 16.5. The molecule has 0 bridgehead atoms. The van der Waals surface area contributed by atoms with Crippen molar-refractivity contribution in [2.45, 2.75) is 12.3 Å². The van der Waals surface area contributed by atoms with Crippen LogP contribution in [0.25, 0.3) is 22.1 Å². The summed E-state index contributed by atoms with van der Waals surface area (Å²) >= 11 is 0. The van der Waals surface area contributed by atoms with Crippen molar-refractivity contribution in [3.05, 3.63) is 88.5 Å². The second-order valence-corrected chi connectivity index (χ2v) is 6.87. The molecule has 5 rings (SSSR count). The van der Waals surface area contributed by atoms with Gasteiger partial charge in [-0.25, -0.2) is 0 Å². The number of phenols is 1. The Morgan fingerprint density at radius 3 is 2.66 bits per heavy atom. The molecule has 1 aliphatic heterocycles. The van der Waals surface area contributed by atoms with Crippen molar-refractivity contribution in [1.29, 1.82) is 0 Å². The summed E-state index contributed by atoms with van der Waals surface area (Å²) in [6, 6.07) is 14.0. The molecule has 0 saturated heterocycles. The SMILES string of the molecule is O=C1C[C@H](c2cccnc2)c2c(cc(O)c3c(=O)c(-c4ccccc4)coc23)O1. The van der Waals surface area contributed by atoms with E-state index in [2.05, 4.69) is 4.98 Å². The molecular formula is C23H15NO5. The average Bonchev–Trinajstić information content (AvgIpc) is 2.74. The van der Waals surface area contributed by atoms with Gasteiger partial charge in [0.15, 0.2) is 0 Å². The van der Waals surface area contributed by atoms with Gasteiger partial charge in [-0.1, -0.05) is 36.4 Å². The molecule has 2 aromatic heterocycles. The minimum atomic E-state index is -0.423. The third-order valence-electron chi connectivity index (χ3n) is 5.14. The fraction of sp³-hybridized carbons (Fsp3) is 0.0870. The Hall–Kier alpha value is -3.93. The van der Waals surface area contributed by atoms with Gasteiger partial charge in [0.1, 0.15) is 28.7 Å². The largest absolute Gasteiger partial charge is 0.507 e. The molecule has 0 fully saturated rings. The van der Waals surface area contributed by atoms with E-state index < -0.39 is 11.9 Å². The highest BCUT2D eigenvalue weighted by molar-refractivity contribution is 5.94. The number of nitrogens with zero attached hydrogens (tertiary/aromatic N) is 1. The molecular weight excluding hydrogens is 370 g/mol. The Bertz CT molecular complexity index is 1300. The van der Waals surface area contributed by atoms with E-state index in [-0.39, 0.29) is 34.3 Å². The third kappa shape index (κ3) is 2.77. The van der Waals surface area contributed by atoms with Crippen LogP contribution in [0.5, 0.6) is 11.5 Å². The number of benzene rings is 2. The summed E-state index contributed by atoms with van der Waals surface area (Å²) in [4.78, 5) is 29.5. The smallest absolute Gasteiger partial charge is 0.312 e. The lowest BCUT2D eigenvalue weighted by molar-refractivity contribution is -0.135. The maximum atomic E-state index is 13.2. The van der Waals surface area contributed by atoms with Gasteiger partial charge in [0, 0.05) is 29.9 Å². The maximum absolute atomic E-state index is 13.2. The molecule has 1 aliphatic rings. The molecule has 2 aromatic carbocycles. The molecule has 3 heterocycles. The topological polar surface area (TPSA) is 89.6 Å². The number of ether oxygens (including phenoxy) is 1. The number of pyridine rings is 1. The zero-order chi connectivity index (χ0) is 20.0. The van der Waals surface area contributed by atoms with E-state index >= 15 is 0 Å². The summed E-state index contributed by atoms with van der Waals surface area (Å²) in [6.45, 7) is 0. The van der Waals surface area contributed by atoms with E-state index in [1.807, 2.05) is 24.3 Å². The standard InChI is InChI=1S/C23H15NO5/c25-17-10-18-20(15(9-19(26)29-18)14-7-4-8-24-11-14)23-21(17)22(27)16(12-28-23)13-5-2-1-3-6-13/h1-8,10-12,15,25H,9H2/t15-/m1/s1. The first kappa shape index (κ1) is 17.2. The number of rotatable bonds is 2. The first-order valence-electron chi connectivity index (χ1n) is 9.11. The Kier molecular flexibility index (Phi) is 3.91. The lowest BCUT2D eigenvalue weighted by Gasteiger charge is -2.25. The van der Waals surface area contributed by atoms with Crippen LogP contribution < -0.4 is 10.2 Å². The summed E-state index contributed by atoms with van der Waals surface area (Å²) in [5.74, 6) is -0.914. The summed E-state index contributed by atoms with van der Waals surface area (Å²) in [5, 5.41) is 10.6. The van der Waals surface area contributed by atoms with Gasteiger partial charge in [0.25, 0.3) is 0 Å². The Morgan fingerprint density at radius 1 is 1.07 bits per heavy atom. The number of aromatic hydroxyl groups is 1. The molecule has 0 unspecified atom stereocenters. The van der Waals surface area contributed by atoms with Crippen LogP contribution in [0.2, 0.25) is 0 Å². The quantitative estimate of drug-likeness (QED) is 0.414. The van der Waals surface area contributed by atoms with E-state index in [0.29, 0.717) is 16.7 Å². The molecule has 6 nitrogen and oxygen atoms in total. The number of phenolic OH excluding ortho intramolecular Hbond substituents is 1. The van der Waals surface area contributed by atoms with E-state index in [1.54, 1.807) is 30.6 Å². The van der Waals surface area contributed by atoms with Crippen molar-refractivity contribution >= 4 is 16.9 Å². The molecule has 0 saturated carbocycles. The number of carbonyl (C=O) groups excluding carboxylic acids is 1. The normalized spacial score (nSPS) is 15.7. The Morgan fingerprint density at radius 2 is 1.90 bits per heavy atom. The molecule has 0 spiro atoms. The van der Waals surface area contributed by atoms with Gasteiger partial charge >= 0.3 is 5.97 Å². The van der Waals surface area contributed by atoms with Crippen LogP contribution in [-0.2, 0) is 4.79 Å². The predicted molar refractivity (Wildman–Crippen MR) is 106 cm³/mol. The highest BCUT2D eigenvalue weighted by Gasteiger charge is 2.33. The zero-order valence-electron chi connectivity index (χ0n) is 15.2. The monoisotopic (exact) mass is 385 g/mol. The van der Waals surface area contributed by atoms with Crippen molar-refractivity contribution < 1.29 is 19.1 Å². The summed E-state index contributed by atoms with van der Waals surface area (Å²) in [7, 11) is 0. The fourth-order valence-electron chi connectivity index (χ4n) is 3.82. The molecule has 6 heteroatoms. The number of carbonyl (C=O) groups is 1. The first-order chi connectivity index (χ1) is 14.1. The third-order valence-corrected chi connectivity index (χ3v) is 5.14. The number of hydrogen-bond donors (Lipinski definition) is 1. The van der Waals surface area contributed by atoms with Crippen LogP contribution in [0.15, 0.2) is 76.4 Å². The molecule has 29 heavy (non-hydrogen) atoms. The molecule has 0 radical (unpaired) electrons. The van der Waals surface area contributed by atoms with Crippen LogP contribution in [-0.4, -0.2) is 16.1 Å². The van der Waals surface area contributed by atoms with Crippen molar-refractivity contribution in [3.8, 4) is 22.6 Å². The molecule has 4 aromatic rings. The minimum Gasteiger partial charge on any atom is -0.507 e. The maximum Gasteiger partial charge on any atom is 0.312 e. The van der Waals surface area contributed by atoms with Gasteiger partial charge in [-0.05, 0) is 17.2 Å². The number of esters is 1. The van der Waals surface area contributed by atoms with E-state index in [4.69, 9.17) is 9.15 Å². The molecule has 1 N–H and O–H groups in total. The second kappa shape index (κ2) is 6.60. The number of fused-ring (bicyclic) bond motifs is 3. The van der Waals surface area contributed by atoms with Gasteiger partial charge in [0.2, 0.25) is 5.43 Å². The van der Waals surface area contributed by atoms with Crippen molar-refractivity contribution in [2.24, 2.45) is 0 Å². The van der Waals surface area contributed by atoms with Crippen LogP contribution in [0.4, 0.5) is 0 Å². The van der Waals surface area contributed by atoms with Crippen LogP contribution >= 0.6 is 0 Å². The summed E-state index contributed by atoms with van der Waals surface area (Å²) in [5.41, 5.74) is 2.26. The van der Waals surface area contributed by atoms with Gasteiger partial charge in [-0.15, -0.1) is 0 Å². The van der Waals surface area contributed by atoms with Crippen molar-refractivity contribution in [2.75, 3.05) is 0 Å². The van der Waals surface area contributed by atoms with Crippen LogP contribution in [0.3, 0.4) is 0 Å². The van der Waals surface area contributed by atoms with Gasteiger partial charge < -0.3 is 14.3 Å². The molecule has 142 valence electrons. The Labute approximate surface area is 165 Å². The predicted octanol–water partition coefficient (Wildman–Crippen LogP) is 4.00. The average molecular weight is 385 g/mol. The number of aromatic nitrogens is 1. The second-order valence-electron chi connectivity index (χ2n) is 6.87. The van der Waals surface area contributed by atoms with Crippen molar-refractivity contribution in [1.82, 2.24) is 4.98 Å². The van der Waals surface area contributed by atoms with Gasteiger partial charge in [-0.3, -0.25) is 14.6 Å². The summed E-state index contributed by atoms with van der Waals surface area (Å²) in [6.07, 6.45) is 4.79. The molecule has 0 amide bonds.